The molecule has 104 valence electrons. The molecule has 1 saturated carbocycles. The van der Waals surface area contributed by atoms with Crippen LogP contribution in [0.5, 0.6) is 5.75 Å². The first-order valence-electron chi connectivity index (χ1n) is 5.70. The van der Waals surface area contributed by atoms with Crippen LogP contribution in [-0.4, -0.2) is 28.3 Å². The van der Waals surface area contributed by atoms with E-state index in [9.17, 15) is 18.0 Å². The van der Waals surface area contributed by atoms with Crippen molar-refractivity contribution in [2.45, 2.75) is 24.8 Å². The molecule has 0 spiro atoms. The van der Waals surface area contributed by atoms with Crippen molar-refractivity contribution in [3.8, 4) is 5.75 Å². The SMILES string of the molecule is O=C(NC1(CO)CCC1)c1cc(F)c(F)c(O)c1F. The molecule has 1 aromatic carbocycles. The Kier molecular flexibility index (Phi) is 3.40. The summed E-state index contributed by atoms with van der Waals surface area (Å²) >= 11 is 0. The van der Waals surface area contributed by atoms with Crippen LogP contribution in [0.3, 0.4) is 0 Å². The van der Waals surface area contributed by atoms with Crippen molar-refractivity contribution >= 4 is 5.91 Å². The quantitative estimate of drug-likeness (QED) is 0.731. The van der Waals surface area contributed by atoms with Crippen LogP contribution < -0.4 is 5.32 Å². The molecule has 0 unspecified atom stereocenters. The number of carbonyl (C=O) groups is 1. The van der Waals surface area contributed by atoms with E-state index < -0.39 is 40.2 Å². The second-order valence-corrected chi connectivity index (χ2v) is 4.63. The Balaban J connectivity index is 2.29. The smallest absolute Gasteiger partial charge is 0.255 e. The Hall–Kier alpha value is -1.76. The number of hydrogen-bond donors (Lipinski definition) is 3. The molecule has 0 bridgehead atoms. The summed E-state index contributed by atoms with van der Waals surface area (Å²) in [6.07, 6.45) is 1.84. The highest BCUT2D eigenvalue weighted by Crippen LogP contribution is 2.32. The molecular formula is C12H12F3NO3. The van der Waals surface area contributed by atoms with Gasteiger partial charge in [0.05, 0.1) is 17.7 Å². The number of aliphatic hydroxyl groups excluding tert-OH is 1. The van der Waals surface area contributed by atoms with E-state index in [1.807, 2.05) is 0 Å². The molecule has 1 aromatic rings. The second-order valence-electron chi connectivity index (χ2n) is 4.63. The average molecular weight is 275 g/mol. The molecule has 0 saturated heterocycles. The Morgan fingerprint density at radius 1 is 1.32 bits per heavy atom. The second kappa shape index (κ2) is 4.73. The third kappa shape index (κ3) is 2.25. The van der Waals surface area contributed by atoms with Gasteiger partial charge in [-0.2, -0.15) is 4.39 Å². The molecule has 0 aliphatic heterocycles. The molecule has 0 aromatic heterocycles. The number of carbonyl (C=O) groups excluding carboxylic acids is 1. The largest absolute Gasteiger partial charge is 0.503 e. The van der Waals surface area contributed by atoms with Gasteiger partial charge in [-0.1, -0.05) is 0 Å². The predicted octanol–water partition coefficient (Wildman–Crippen LogP) is 1.45. The minimum atomic E-state index is -1.74. The minimum Gasteiger partial charge on any atom is -0.503 e. The lowest BCUT2D eigenvalue weighted by Gasteiger charge is -2.40. The summed E-state index contributed by atoms with van der Waals surface area (Å²) in [6, 6.07) is 0.378. The maximum atomic E-state index is 13.5. The van der Waals surface area contributed by atoms with Crippen molar-refractivity contribution in [2.75, 3.05) is 6.61 Å². The maximum Gasteiger partial charge on any atom is 0.255 e. The van der Waals surface area contributed by atoms with E-state index in [1.54, 1.807) is 0 Å². The fourth-order valence-corrected chi connectivity index (χ4v) is 1.99. The lowest BCUT2D eigenvalue weighted by atomic mass is 9.77. The van der Waals surface area contributed by atoms with E-state index in [1.165, 1.54) is 0 Å². The van der Waals surface area contributed by atoms with Crippen molar-refractivity contribution in [1.29, 1.82) is 0 Å². The van der Waals surface area contributed by atoms with Crippen molar-refractivity contribution in [3.63, 3.8) is 0 Å². The van der Waals surface area contributed by atoms with Crippen LogP contribution in [0.15, 0.2) is 6.07 Å². The lowest BCUT2D eigenvalue weighted by Crippen LogP contribution is -2.56. The number of nitrogens with one attached hydrogen (secondary N) is 1. The highest BCUT2D eigenvalue weighted by atomic mass is 19.2. The van der Waals surface area contributed by atoms with Crippen LogP contribution >= 0.6 is 0 Å². The number of amides is 1. The number of aromatic hydroxyl groups is 1. The molecule has 2 rings (SSSR count). The lowest BCUT2D eigenvalue weighted by molar-refractivity contribution is 0.0637. The summed E-state index contributed by atoms with van der Waals surface area (Å²) in [7, 11) is 0. The van der Waals surface area contributed by atoms with Crippen LogP contribution in [0.4, 0.5) is 13.2 Å². The van der Waals surface area contributed by atoms with Gasteiger partial charge in [0.25, 0.3) is 5.91 Å². The number of benzene rings is 1. The van der Waals surface area contributed by atoms with Crippen LogP contribution in [0.1, 0.15) is 29.6 Å². The molecule has 1 aliphatic rings. The maximum absolute atomic E-state index is 13.5. The first-order chi connectivity index (χ1) is 8.90. The molecular weight excluding hydrogens is 263 g/mol. The van der Waals surface area contributed by atoms with Gasteiger partial charge in [-0.05, 0) is 25.3 Å². The fraction of sp³-hybridized carbons (Fsp3) is 0.417. The third-order valence-electron chi connectivity index (χ3n) is 3.37. The van der Waals surface area contributed by atoms with Crippen molar-refractivity contribution in [1.82, 2.24) is 5.32 Å². The molecule has 1 amide bonds. The molecule has 0 heterocycles. The minimum absolute atomic E-state index is 0.323. The van der Waals surface area contributed by atoms with E-state index in [4.69, 9.17) is 10.2 Å². The molecule has 0 atom stereocenters. The van der Waals surface area contributed by atoms with Crippen molar-refractivity contribution in [3.05, 3.63) is 29.1 Å². The van der Waals surface area contributed by atoms with E-state index in [0.717, 1.165) is 6.42 Å². The molecule has 1 fully saturated rings. The number of phenols is 1. The van der Waals surface area contributed by atoms with Crippen LogP contribution in [-0.2, 0) is 0 Å². The molecule has 7 heteroatoms. The zero-order valence-corrected chi connectivity index (χ0v) is 9.84. The standard InChI is InChI=1S/C12H12F3NO3/c13-7-4-6(8(14)10(18)9(7)15)11(19)16-12(5-17)2-1-3-12/h4,17-18H,1-3,5H2,(H,16,19). The van der Waals surface area contributed by atoms with Gasteiger partial charge in [0.2, 0.25) is 5.82 Å². The summed E-state index contributed by atoms with van der Waals surface area (Å²) in [6.45, 7) is -0.323. The summed E-state index contributed by atoms with van der Waals surface area (Å²) in [5, 5.41) is 20.6. The summed E-state index contributed by atoms with van der Waals surface area (Å²) in [4.78, 5) is 11.8. The molecule has 1 aliphatic carbocycles. The van der Waals surface area contributed by atoms with E-state index in [-0.39, 0.29) is 6.61 Å². The number of phenolic OH excluding ortho intramolecular Hbond substituents is 1. The highest BCUT2D eigenvalue weighted by Gasteiger charge is 2.38. The van der Waals surface area contributed by atoms with Crippen molar-refractivity contribution in [2.24, 2.45) is 0 Å². The zero-order chi connectivity index (χ0) is 14.2. The molecule has 3 N–H and O–H groups in total. The average Bonchev–Trinajstić information content (AvgIpc) is 2.35. The Labute approximate surface area is 106 Å². The summed E-state index contributed by atoms with van der Waals surface area (Å²) < 4.78 is 39.5. The van der Waals surface area contributed by atoms with Gasteiger partial charge in [-0.25, -0.2) is 8.78 Å². The van der Waals surface area contributed by atoms with E-state index in [2.05, 4.69) is 5.32 Å². The number of aliphatic hydroxyl groups is 1. The summed E-state index contributed by atoms with van der Waals surface area (Å²) in [5.41, 5.74) is -1.64. The number of hydrogen-bond acceptors (Lipinski definition) is 3. The Bertz CT molecular complexity index is 524. The Morgan fingerprint density at radius 2 is 1.95 bits per heavy atom. The van der Waals surface area contributed by atoms with Crippen LogP contribution in [0.2, 0.25) is 0 Å². The monoisotopic (exact) mass is 275 g/mol. The first-order valence-corrected chi connectivity index (χ1v) is 5.70. The van der Waals surface area contributed by atoms with E-state index in [0.29, 0.717) is 18.9 Å². The zero-order valence-electron chi connectivity index (χ0n) is 9.84. The molecule has 0 radical (unpaired) electrons. The van der Waals surface area contributed by atoms with Gasteiger partial charge < -0.3 is 15.5 Å². The van der Waals surface area contributed by atoms with Crippen molar-refractivity contribution < 1.29 is 28.2 Å². The topological polar surface area (TPSA) is 69.6 Å². The van der Waals surface area contributed by atoms with Gasteiger partial charge in [0.15, 0.2) is 17.4 Å². The molecule has 19 heavy (non-hydrogen) atoms. The van der Waals surface area contributed by atoms with Crippen LogP contribution in [0.25, 0.3) is 0 Å². The number of halogens is 3. The normalized spacial score (nSPS) is 16.8. The van der Waals surface area contributed by atoms with Gasteiger partial charge in [-0.3, -0.25) is 4.79 Å². The fourth-order valence-electron chi connectivity index (χ4n) is 1.99. The van der Waals surface area contributed by atoms with Crippen LogP contribution in [0, 0.1) is 17.5 Å². The van der Waals surface area contributed by atoms with Gasteiger partial charge >= 0.3 is 0 Å². The third-order valence-corrected chi connectivity index (χ3v) is 3.37. The Morgan fingerprint density at radius 3 is 2.42 bits per heavy atom. The predicted molar refractivity (Wildman–Crippen MR) is 59.1 cm³/mol. The number of rotatable bonds is 3. The van der Waals surface area contributed by atoms with Gasteiger partial charge in [-0.15, -0.1) is 0 Å². The highest BCUT2D eigenvalue weighted by molar-refractivity contribution is 5.95. The van der Waals surface area contributed by atoms with Gasteiger partial charge in [0.1, 0.15) is 0 Å². The van der Waals surface area contributed by atoms with Gasteiger partial charge in [0, 0.05) is 0 Å². The summed E-state index contributed by atoms with van der Waals surface area (Å²) in [5.74, 6) is -7.31. The molecule has 4 nitrogen and oxygen atoms in total. The first kappa shape index (κ1) is 13.7. The van der Waals surface area contributed by atoms with E-state index >= 15 is 0 Å².